The predicted octanol–water partition coefficient (Wildman–Crippen LogP) is 2.87. The largest absolute Gasteiger partial charge is 0.480 e. The second kappa shape index (κ2) is 5.66. The van der Waals surface area contributed by atoms with E-state index in [2.05, 4.69) is 20.9 Å². The van der Waals surface area contributed by atoms with E-state index in [0.717, 1.165) is 15.4 Å². The van der Waals surface area contributed by atoms with Crippen LogP contribution >= 0.6 is 15.9 Å². The highest BCUT2D eigenvalue weighted by atomic mass is 79.9. The SMILES string of the molecule is CC(C)N(CC(=O)O)C(=O)c1c[nH]c2cccc(Br)c12. The summed E-state index contributed by atoms with van der Waals surface area (Å²) in [6.07, 6.45) is 1.62. The molecule has 6 heteroatoms. The Morgan fingerprint density at radius 2 is 2.10 bits per heavy atom. The Labute approximate surface area is 124 Å². The molecule has 5 nitrogen and oxygen atoms in total. The molecule has 0 atom stereocenters. The predicted molar refractivity (Wildman–Crippen MR) is 79.8 cm³/mol. The van der Waals surface area contributed by atoms with Crippen molar-refractivity contribution in [1.82, 2.24) is 9.88 Å². The topological polar surface area (TPSA) is 73.4 Å². The molecule has 0 spiro atoms. The number of nitrogens with zero attached hydrogens (tertiary/aromatic N) is 1. The lowest BCUT2D eigenvalue weighted by Crippen LogP contribution is -2.40. The maximum atomic E-state index is 12.6. The van der Waals surface area contributed by atoms with Gasteiger partial charge < -0.3 is 15.0 Å². The molecular weight excluding hydrogens is 324 g/mol. The molecule has 0 saturated heterocycles. The fourth-order valence-electron chi connectivity index (χ4n) is 2.10. The molecule has 20 heavy (non-hydrogen) atoms. The number of H-pyrrole nitrogens is 1. The minimum atomic E-state index is -1.02. The highest BCUT2D eigenvalue weighted by molar-refractivity contribution is 9.10. The lowest BCUT2D eigenvalue weighted by molar-refractivity contribution is -0.138. The molecule has 0 radical (unpaired) electrons. The van der Waals surface area contributed by atoms with Crippen molar-refractivity contribution >= 4 is 38.7 Å². The van der Waals surface area contributed by atoms with Crippen molar-refractivity contribution in [2.45, 2.75) is 19.9 Å². The molecule has 2 aromatic rings. The summed E-state index contributed by atoms with van der Waals surface area (Å²) in [6, 6.07) is 5.40. The van der Waals surface area contributed by atoms with Gasteiger partial charge >= 0.3 is 5.97 Å². The molecule has 0 aliphatic carbocycles. The Hall–Kier alpha value is -1.82. The number of carboxylic acids is 1. The molecule has 0 fully saturated rings. The average Bonchev–Trinajstić information content (AvgIpc) is 2.80. The first kappa shape index (κ1) is 14.6. The third-order valence-electron chi connectivity index (χ3n) is 3.08. The number of aliphatic carboxylic acids is 1. The van der Waals surface area contributed by atoms with Crippen LogP contribution in [0.3, 0.4) is 0 Å². The van der Waals surface area contributed by atoms with Gasteiger partial charge in [-0.15, -0.1) is 0 Å². The molecule has 106 valence electrons. The standard InChI is InChI=1S/C14H15BrN2O3/c1-8(2)17(7-12(18)19)14(20)9-6-16-11-5-3-4-10(15)13(9)11/h3-6,8,16H,7H2,1-2H3,(H,18,19). The Kier molecular flexibility index (Phi) is 4.13. The molecule has 1 aromatic carbocycles. The van der Waals surface area contributed by atoms with Gasteiger partial charge in [0.15, 0.2) is 0 Å². The summed E-state index contributed by atoms with van der Waals surface area (Å²) >= 11 is 3.43. The molecule has 0 aliphatic rings. The molecule has 1 aromatic heterocycles. The van der Waals surface area contributed by atoms with E-state index in [0.29, 0.717) is 5.56 Å². The molecular formula is C14H15BrN2O3. The van der Waals surface area contributed by atoms with Crippen molar-refractivity contribution in [2.24, 2.45) is 0 Å². The number of aromatic nitrogens is 1. The first-order valence-corrected chi connectivity index (χ1v) is 6.99. The normalized spacial score (nSPS) is 11.0. The number of fused-ring (bicyclic) bond motifs is 1. The molecule has 2 N–H and O–H groups in total. The quantitative estimate of drug-likeness (QED) is 0.900. The zero-order valence-corrected chi connectivity index (χ0v) is 12.8. The van der Waals surface area contributed by atoms with E-state index in [1.54, 1.807) is 20.0 Å². The molecule has 0 aliphatic heterocycles. The van der Waals surface area contributed by atoms with Gasteiger partial charge in [0.2, 0.25) is 0 Å². The number of rotatable bonds is 4. The van der Waals surface area contributed by atoms with E-state index in [9.17, 15) is 9.59 Å². The molecule has 1 heterocycles. The van der Waals surface area contributed by atoms with Gasteiger partial charge in [0.25, 0.3) is 5.91 Å². The summed E-state index contributed by atoms with van der Waals surface area (Å²) in [6.45, 7) is 3.28. The van der Waals surface area contributed by atoms with Gasteiger partial charge in [0.05, 0.1) is 5.56 Å². The number of carboxylic acid groups (broad SMARTS) is 1. The van der Waals surface area contributed by atoms with Gasteiger partial charge in [-0.2, -0.15) is 0 Å². The van der Waals surface area contributed by atoms with E-state index in [1.807, 2.05) is 18.2 Å². The monoisotopic (exact) mass is 338 g/mol. The third kappa shape index (κ3) is 2.70. The summed E-state index contributed by atoms with van der Waals surface area (Å²) in [4.78, 5) is 27.8. The average molecular weight is 339 g/mol. The van der Waals surface area contributed by atoms with Crippen molar-refractivity contribution in [1.29, 1.82) is 0 Å². The molecule has 0 unspecified atom stereocenters. The fourth-order valence-corrected chi connectivity index (χ4v) is 2.68. The highest BCUT2D eigenvalue weighted by Gasteiger charge is 2.24. The Bertz CT molecular complexity index is 663. The number of hydrogen-bond acceptors (Lipinski definition) is 2. The number of aromatic amines is 1. The number of nitrogens with one attached hydrogen (secondary N) is 1. The van der Waals surface area contributed by atoms with Gasteiger partial charge in [0, 0.05) is 27.6 Å². The van der Waals surface area contributed by atoms with Gasteiger partial charge in [-0.1, -0.05) is 22.0 Å². The van der Waals surface area contributed by atoms with Crippen LogP contribution in [0, 0.1) is 0 Å². The van der Waals surface area contributed by atoms with Gasteiger partial charge in [-0.3, -0.25) is 9.59 Å². The minimum Gasteiger partial charge on any atom is -0.480 e. The van der Waals surface area contributed by atoms with Crippen LogP contribution in [-0.2, 0) is 4.79 Å². The maximum absolute atomic E-state index is 12.6. The lowest BCUT2D eigenvalue weighted by atomic mass is 10.1. The summed E-state index contributed by atoms with van der Waals surface area (Å²) < 4.78 is 0.804. The lowest BCUT2D eigenvalue weighted by Gasteiger charge is -2.24. The second-order valence-corrected chi connectivity index (χ2v) is 5.64. The van der Waals surface area contributed by atoms with E-state index in [-0.39, 0.29) is 18.5 Å². The van der Waals surface area contributed by atoms with Crippen LogP contribution in [0.4, 0.5) is 0 Å². The summed E-state index contributed by atoms with van der Waals surface area (Å²) in [5.74, 6) is -1.31. The van der Waals surface area contributed by atoms with Crippen LogP contribution in [0.5, 0.6) is 0 Å². The third-order valence-corrected chi connectivity index (χ3v) is 3.74. The summed E-state index contributed by atoms with van der Waals surface area (Å²) in [5.41, 5.74) is 1.31. The van der Waals surface area contributed by atoms with Crippen LogP contribution in [-0.4, -0.2) is 39.5 Å². The number of amides is 1. The van der Waals surface area contributed by atoms with Crippen LogP contribution in [0.15, 0.2) is 28.9 Å². The summed E-state index contributed by atoms with van der Waals surface area (Å²) in [5, 5.41) is 9.71. The Morgan fingerprint density at radius 3 is 2.70 bits per heavy atom. The van der Waals surface area contributed by atoms with Crippen LogP contribution in [0.1, 0.15) is 24.2 Å². The zero-order chi connectivity index (χ0) is 14.9. The van der Waals surface area contributed by atoms with Gasteiger partial charge in [-0.05, 0) is 26.0 Å². The van der Waals surface area contributed by atoms with Gasteiger partial charge in [-0.25, -0.2) is 0 Å². The van der Waals surface area contributed by atoms with Crippen molar-refractivity contribution in [3.63, 3.8) is 0 Å². The fraction of sp³-hybridized carbons (Fsp3) is 0.286. The first-order valence-electron chi connectivity index (χ1n) is 6.20. The van der Waals surface area contributed by atoms with Gasteiger partial charge in [0.1, 0.15) is 6.54 Å². The number of hydrogen-bond donors (Lipinski definition) is 2. The van der Waals surface area contributed by atoms with Crippen LogP contribution in [0.2, 0.25) is 0 Å². The van der Waals surface area contributed by atoms with E-state index >= 15 is 0 Å². The van der Waals surface area contributed by atoms with Crippen LogP contribution in [0.25, 0.3) is 10.9 Å². The molecule has 0 bridgehead atoms. The molecule has 0 saturated carbocycles. The smallest absolute Gasteiger partial charge is 0.323 e. The van der Waals surface area contributed by atoms with Crippen molar-refractivity contribution in [2.75, 3.05) is 6.54 Å². The summed E-state index contributed by atoms with van der Waals surface area (Å²) in [7, 11) is 0. The number of halogens is 1. The minimum absolute atomic E-state index is 0.189. The molecule has 2 rings (SSSR count). The molecule has 1 amide bonds. The van der Waals surface area contributed by atoms with E-state index in [1.165, 1.54) is 4.90 Å². The van der Waals surface area contributed by atoms with Crippen molar-refractivity contribution in [3.05, 3.63) is 34.4 Å². The Morgan fingerprint density at radius 1 is 1.40 bits per heavy atom. The van der Waals surface area contributed by atoms with Crippen molar-refractivity contribution < 1.29 is 14.7 Å². The Balaban J connectivity index is 2.46. The van der Waals surface area contributed by atoms with Crippen LogP contribution < -0.4 is 0 Å². The van der Waals surface area contributed by atoms with Crippen molar-refractivity contribution in [3.8, 4) is 0 Å². The number of carbonyl (C=O) groups excluding carboxylic acids is 1. The first-order chi connectivity index (χ1) is 9.41. The number of benzene rings is 1. The second-order valence-electron chi connectivity index (χ2n) is 4.79. The number of carbonyl (C=O) groups is 2. The van der Waals surface area contributed by atoms with E-state index < -0.39 is 5.97 Å². The highest BCUT2D eigenvalue weighted by Crippen LogP contribution is 2.28. The maximum Gasteiger partial charge on any atom is 0.323 e. The zero-order valence-electron chi connectivity index (χ0n) is 11.2. The van der Waals surface area contributed by atoms with E-state index in [4.69, 9.17) is 5.11 Å².